The number of hydrogen-bond donors (Lipinski definition) is 1. The second-order valence-electron chi connectivity index (χ2n) is 3.37. The summed E-state index contributed by atoms with van der Waals surface area (Å²) in [5, 5.41) is 9.33. The van der Waals surface area contributed by atoms with Gasteiger partial charge in [-0.05, 0) is 18.1 Å². The zero-order valence-electron chi connectivity index (χ0n) is 8.22. The Kier molecular flexibility index (Phi) is 4.68. The Morgan fingerprint density at radius 2 is 1.44 bits per heavy atom. The second kappa shape index (κ2) is 5.09. The molecular weight excluding hydrogens is 313 g/mol. The molecule has 0 bridgehead atoms. The van der Waals surface area contributed by atoms with E-state index in [2.05, 4.69) is 0 Å². The molecule has 1 nitrogen and oxygen atoms in total. The lowest BCUT2D eigenvalue weighted by Crippen LogP contribution is -2.28. The van der Waals surface area contributed by atoms with E-state index in [1.807, 2.05) is 0 Å². The summed E-state index contributed by atoms with van der Waals surface area (Å²) in [6.45, 7) is 1.65. The zero-order chi connectivity index (χ0) is 12.6. The van der Waals surface area contributed by atoms with Crippen molar-refractivity contribution < 1.29 is 5.11 Å². The molecule has 1 aromatic rings. The van der Waals surface area contributed by atoms with Crippen LogP contribution in [0.4, 0.5) is 0 Å². The van der Waals surface area contributed by atoms with E-state index < -0.39 is 14.2 Å². The van der Waals surface area contributed by atoms with Gasteiger partial charge in [0.15, 0.2) is 4.33 Å². The molecule has 0 radical (unpaired) electrons. The average Bonchev–Trinajstić information content (AvgIpc) is 2.16. The van der Waals surface area contributed by atoms with Crippen molar-refractivity contribution in [3.63, 3.8) is 0 Å². The van der Waals surface area contributed by atoms with Crippen LogP contribution in [0.1, 0.15) is 24.2 Å². The van der Waals surface area contributed by atoms with Gasteiger partial charge in [-0.1, -0.05) is 82.3 Å². The third-order valence-electron chi connectivity index (χ3n) is 2.11. The monoisotopic (exact) mass is 320 g/mol. The van der Waals surface area contributed by atoms with E-state index >= 15 is 0 Å². The van der Waals surface area contributed by atoms with Gasteiger partial charge < -0.3 is 5.11 Å². The van der Waals surface area contributed by atoms with Crippen molar-refractivity contribution in [2.75, 3.05) is 0 Å². The van der Waals surface area contributed by atoms with E-state index in [9.17, 15) is 5.11 Å². The quantitative estimate of drug-likeness (QED) is 0.780. The smallest absolute Gasteiger partial charge is 0.227 e. The lowest BCUT2D eigenvalue weighted by Gasteiger charge is -2.27. The molecule has 0 aliphatic carbocycles. The summed E-state index contributed by atoms with van der Waals surface area (Å²) in [7, 11) is 0. The van der Waals surface area contributed by atoms with Gasteiger partial charge in [0, 0.05) is 0 Å². The Morgan fingerprint density at radius 3 is 1.75 bits per heavy atom. The standard InChI is InChI=1S/C10H9Cl5O/c1-6(16)7-2-4-8(5-3-7)9(11,12)10(13,14)15/h2-6,16H,1H3. The molecule has 90 valence electrons. The van der Waals surface area contributed by atoms with Crippen LogP contribution in [0.25, 0.3) is 0 Å². The number of hydrogen-bond acceptors (Lipinski definition) is 1. The maximum absolute atomic E-state index is 9.33. The third kappa shape index (κ3) is 3.10. The van der Waals surface area contributed by atoms with Crippen molar-refractivity contribution in [2.24, 2.45) is 0 Å². The summed E-state index contributed by atoms with van der Waals surface area (Å²) in [6, 6.07) is 6.58. The molecule has 1 aromatic carbocycles. The second-order valence-corrected chi connectivity index (χ2v) is 6.98. The number of aliphatic hydroxyl groups excluding tert-OH is 1. The maximum atomic E-state index is 9.33. The highest BCUT2D eigenvalue weighted by atomic mass is 35.6. The maximum Gasteiger partial charge on any atom is 0.227 e. The molecule has 1 atom stereocenters. The Hall–Kier alpha value is 0.630. The molecule has 0 aliphatic rings. The number of rotatable bonds is 2. The minimum atomic E-state index is -1.83. The molecule has 0 saturated carbocycles. The first-order valence-corrected chi connectivity index (χ1v) is 6.28. The lowest BCUT2D eigenvalue weighted by molar-refractivity contribution is 0.199. The Bertz CT molecular complexity index is 352. The van der Waals surface area contributed by atoms with E-state index in [0.717, 1.165) is 5.56 Å². The molecule has 0 spiro atoms. The minimum absolute atomic E-state index is 0.459. The summed E-state index contributed by atoms with van der Waals surface area (Å²) in [5.41, 5.74) is 1.19. The fraction of sp³-hybridized carbons (Fsp3) is 0.400. The van der Waals surface area contributed by atoms with Crippen LogP contribution < -0.4 is 0 Å². The zero-order valence-corrected chi connectivity index (χ0v) is 12.0. The average molecular weight is 322 g/mol. The van der Waals surface area contributed by atoms with Gasteiger partial charge in [-0.2, -0.15) is 0 Å². The molecule has 0 saturated heterocycles. The van der Waals surface area contributed by atoms with Gasteiger partial charge >= 0.3 is 0 Å². The minimum Gasteiger partial charge on any atom is -0.389 e. The molecule has 6 heteroatoms. The van der Waals surface area contributed by atoms with Crippen LogP contribution in [-0.2, 0) is 4.33 Å². The number of halogens is 5. The normalized spacial score (nSPS) is 14.9. The van der Waals surface area contributed by atoms with Crippen molar-refractivity contribution in [3.8, 4) is 0 Å². The predicted octanol–water partition coefficient (Wildman–Crippen LogP) is 4.74. The van der Waals surface area contributed by atoms with Crippen molar-refractivity contribution in [1.29, 1.82) is 0 Å². The third-order valence-corrected chi connectivity index (χ3v) is 4.55. The van der Waals surface area contributed by atoms with Crippen molar-refractivity contribution in [1.82, 2.24) is 0 Å². The van der Waals surface area contributed by atoms with Crippen LogP contribution in [0.2, 0.25) is 0 Å². The summed E-state index contributed by atoms with van der Waals surface area (Å²) in [4.78, 5) is 0. The van der Waals surface area contributed by atoms with Gasteiger partial charge in [0.05, 0.1) is 6.10 Å². The Labute approximate surface area is 119 Å². The predicted molar refractivity (Wildman–Crippen MR) is 70.7 cm³/mol. The molecule has 16 heavy (non-hydrogen) atoms. The molecule has 0 aliphatic heterocycles. The van der Waals surface area contributed by atoms with Gasteiger partial charge in [-0.3, -0.25) is 0 Å². The topological polar surface area (TPSA) is 20.2 Å². The number of alkyl halides is 5. The highest BCUT2D eigenvalue weighted by Crippen LogP contribution is 2.52. The number of aliphatic hydroxyl groups is 1. The largest absolute Gasteiger partial charge is 0.389 e. The van der Waals surface area contributed by atoms with Crippen molar-refractivity contribution in [3.05, 3.63) is 35.4 Å². The molecule has 0 aromatic heterocycles. The fourth-order valence-corrected chi connectivity index (χ4v) is 1.71. The molecular formula is C10H9Cl5O. The van der Waals surface area contributed by atoms with Gasteiger partial charge in [-0.15, -0.1) is 0 Å². The van der Waals surface area contributed by atoms with E-state index in [1.165, 1.54) is 0 Å². The van der Waals surface area contributed by atoms with Crippen LogP contribution in [0.15, 0.2) is 24.3 Å². The van der Waals surface area contributed by atoms with Crippen LogP contribution in [0.5, 0.6) is 0 Å². The van der Waals surface area contributed by atoms with Crippen LogP contribution >= 0.6 is 58.0 Å². The first-order chi connectivity index (χ1) is 7.16. The van der Waals surface area contributed by atoms with Crippen LogP contribution in [-0.4, -0.2) is 8.90 Å². The lowest BCUT2D eigenvalue weighted by atomic mass is 10.1. The first-order valence-electron chi connectivity index (χ1n) is 4.39. The molecule has 1 N–H and O–H groups in total. The Balaban J connectivity index is 3.07. The molecule has 1 unspecified atom stereocenters. The SMILES string of the molecule is CC(O)c1ccc(C(Cl)(Cl)C(Cl)(Cl)Cl)cc1. The summed E-state index contributed by atoms with van der Waals surface area (Å²) < 4.78 is -3.46. The fourth-order valence-electron chi connectivity index (χ4n) is 1.13. The molecule has 0 heterocycles. The molecule has 0 amide bonds. The number of benzene rings is 1. The van der Waals surface area contributed by atoms with Crippen LogP contribution in [0.3, 0.4) is 0 Å². The van der Waals surface area contributed by atoms with E-state index in [4.69, 9.17) is 58.0 Å². The van der Waals surface area contributed by atoms with E-state index in [0.29, 0.717) is 5.56 Å². The van der Waals surface area contributed by atoms with Gasteiger partial charge in [-0.25, -0.2) is 0 Å². The summed E-state index contributed by atoms with van der Waals surface area (Å²) in [5.74, 6) is 0. The molecule has 0 fully saturated rings. The Morgan fingerprint density at radius 1 is 1.00 bits per heavy atom. The van der Waals surface area contributed by atoms with Gasteiger partial charge in [0.1, 0.15) is 0 Å². The highest BCUT2D eigenvalue weighted by Gasteiger charge is 2.47. The summed E-state index contributed by atoms with van der Waals surface area (Å²) in [6.07, 6.45) is -0.568. The first kappa shape index (κ1) is 14.7. The van der Waals surface area contributed by atoms with Crippen LogP contribution in [0, 0.1) is 0 Å². The highest BCUT2D eigenvalue weighted by molar-refractivity contribution is 6.75. The molecule has 1 rings (SSSR count). The van der Waals surface area contributed by atoms with E-state index in [1.54, 1.807) is 31.2 Å². The summed E-state index contributed by atoms with van der Waals surface area (Å²) >= 11 is 29.0. The van der Waals surface area contributed by atoms with Crippen molar-refractivity contribution >= 4 is 58.0 Å². The van der Waals surface area contributed by atoms with E-state index in [-0.39, 0.29) is 0 Å². The van der Waals surface area contributed by atoms with Gasteiger partial charge in [0.25, 0.3) is 0 Å². The van der Waals surface area contributed by atoms with Crippen molar-refractivity contribution in [2.45, 2.75) is 21.2 Å². The van der Waals surface area contributed by atoms with Gasteiger partial charge in [0.2, 0.25) is 3.79 Å².